The third-order valence-electron chi connectivity index (χ3n) is 4.15. The lowest BCUT2D eigenvalue weighted by Gasteiger charge is -2.36. The lowest BCUT2D eigenvalue weighted by Crippen LogP contribution is -2.38. The van der Waals surface area contributed by atoms with Gasteiger partial charge in [0.2, 0.25) is 0 Å². The molecule has 0 aliphatic rings. The standard InChI is InChI=1S/C16H18NO.2C2H5.Al/c1-2-9-16(18)17(14-10-5-3-6-11-14)15-12-7-4-8-13-15;2*1-2;/h3-8,10-13,16H,2,9H2,1H3;2*1H2,2H3;/q-1;;;+1. The number of anilines is 2. The van der Waals surface area contributed by atoms with Crippen LogP contribution in [-0.4, -0.2) is 20.7 Å². The molecule has 0 aliphatic heterocycles. The Morgan fingerprint density at radius 1 is 0.826 bits per heavy atom. The molecule has 2 nitrogen and oxygen atoms in total. The van der Waals surface area contributed by atoms with E-state index >= 15 is 0 Å². The van der Waals surface area contributed by atoms with Gasteiger partial charge in [0.25, 0.3) is 0 Å². The Balaban J connectivity index is 2.37. The fraction of sp³-hybridized carbons (Fsp3) is 0.400. The molecule has 0 amide bonds. The van der Waals surface area contributed by atoms with Gasteiger partial charge in [0.15, 0.2) is 0 Å². The maximum Gasteiger partial charge on any atom is 0.461 e. The molecule has 0 radical (unpaired) electrons. The Bertz CT molecular complexity index is 503. The molecule has 2 aromatic carbocycles. The van der Waals surface area contributed by atoms with Gasteiger partial charge in [-0.3, -0.25) is 0 Å². The van der Waals surface area contributed by atoms with Crippen molar-refractivity contribution in [3.05, 3.63) is 60.7 Å². The number of para-hydroxylation sites is 2. The molecule has 0 saturated carbocycles. The minimum absolute atomic E-state index is 0.126. The van der Waals surface area contributed by atoms with E-state index in [0.29, 0.717) is 0 Å². The smallest absolute Gasteiger partial charge is 0.461 e. The van der Waals surface area contributed by atoms with Gasteiger partial charge in [0, 0.05) is 11.4 Å². The summed E-state index contributed by atoms with van der Waals surface area (Å²) >= 11 is -1.13. The number of nitrogens with zero attached hydrogens (tertiary/aromatic N) is 1. The van der Waals surface area contributed by atoms with Crippen LogP contribution in [0.3, 0.4) is 0 Å². The van der Waals surface area contributed by atoms with Crippen molar-refractivity contribution in [3.8, 4) is 0 Å². The van der Waals surface area contributed by atoms with Gasteiger partial charge >= 0.3 is 14.5 Å². The Morgan fingerprint density at radius 2 is 1.30 bits per heavy atom. The molecule has 0 bridgehead atoms. The van der Waals surface area contributed by atoms with Crippen LogP contribution in [0.15, 0.2) is 60.7 Å². The van der Waals surface area contributed by atoms with E-state index in [1.807, 2.05) is 0 Å². The van der Waals surface area contributed by atoms with E-state index in [4.69, 9.17) is 3.79 Å². The molecule has 23 heavy (non-hydrogen) atoms. The summed E-state index contributed by atoms with van der Waals surface area (Å²) < 4.78 is 6.63. The monoisotopic (exact) mass is 325 g/mol. The molecule has 0 aliphatic carbocycles. The highest BCUT2D eigenvalue weighted by atomic mass is 27.2. The molecule has 2 aromatic rings. The topological polar surface area (TPSA) is 12.5 Å². The lowest BCUT2D eigenvalue weighted by molar-refractivity contribution is 0.195. The van der Waals surface area contributed by atoms with Gasteiger partial charge in [0.1, 0.15) is 6.23 Å². The number of rotatable bonds is 9. The van der Waals surface area contributed by atoms with Crippen LogP contribution < -0.4 is 4.90 Å². The van der Waals surface area contributed by atoms with E-state index in [-0.39, 0.29) is 6.23 Å². The van der Waals surface area contributed by atoms with Gasteiger partial charge in [-0.1, -0.05) is 74.2 Å². The maximum absolute atomic E-state index is 6.63. The summed E-state index contributed by atoms with van der Waals surface area (Å²) in [6.07, 6.45) is 2.30. The second kappa shape index (κ2) is 9.78. The average molecular weight is 325 g/mol. The summed E-state index contributed by atoms with van der Waals surface area (Å²) in [6.45, 7) is 6.76. The first-order chi connectivity index (χ1) is 11.3. The van der Waals surface area contributed by atoms with E-state index in [0.717, 1.165) is 12.8 Å². The summed E-state index contributed by atoms with van der Waals surface area (Å²) in [5.41, 5.74) is 2.41. The molecule has 0 saturated heterocycles. The molecule has 0 N–H and O–H groups in total. The molecular formula is C20H28AlNO. The van der Waals surface area contributed by atoms with Crippen molar-refractivity contribution in [2.75, 3.05) is 4.90 Å². The lowest BCUT2D eigenvalue weighted by atomic mass is 10.2. The zero-order chi connectivity index (χ0) is 16.5. The summed E-state index contributed by atoms with van der Waals surface area (Å²) in [5, 5.41) is 2.38. The van der Waals surface area contributed by atoms with Crippen molar-refractivity contribution in [1.82, 2.24) is 0 Å². The Morgan fingerprint density at radius 3 is 1.70 bits per heavy atom. The zero-order valence-corrected chi connectivity index (χ0v) is 15.8. The number of hydrogen-bond donors (Lipinski definition) is 0. The summed E-state index contributed by atoms with van der Waals surface area (Å²) in [5.74, 6) is 0. The highest BCUT2D eigenvalue weighted by molar-refractivity contribution is 6.51. The number of hydrogen-bond acceptors (Lipinski definition) is 2. The minimum atomic E-state index is -1.13. The minimum Gasteiger partial charge on any atom is -0.482 e. The molecule has 1 unspecified atom stereocenters. The van der Waals surface area contributed by atoms with Crippen LogP contribution in [0.25, 0.3) is 0 Å². The van der Waals surface area contributed by atoms with E-state index < -0.39 is 14.5 Å². The van der Waals surface area contributed by atoms with E-state index in [9.17, 15) is 0 Å². The predicted molar refractivity (Wildman–Crippen MR) is 102 cm³/mol. The van der Waals surface area contributed by atoms with Gasteiger partial charge in [-0.05, 0) is 30.7 Å². The first-order valence-corrected chi connectivity index (χ1v) is 10.9. The van der Waals surface area contributed by atoms with E-state index in [2.05, 4.69) is 86.3 Å². The highest BCUT2D eigenvalue weighted by Gasteiger charge is 2.26. The zero-order valence-electron chi connectivity index (χ0n) is 14.6. The largest absolute Gasteiger partial charge is 0.482 e. The molecular weight excluding hydrogens is 297 g/mol. The summed E-state index contributed by atoms with van der Waals surface area (Å²) in [4.78, 5) is 2.37. The van der Waals surface area contributed by atoms with Crippen molar-refractivity contribution in [2.24, 2.45) is 0 Å². The summed E-state index contributed by atoms with van der Waals surface area (Å²) in [6, 6.07) is 21.2. The second-order valence-electron chi connectivity index (χ2n) is 5.86. The van der Waals surface area contributed by atoms with Crippen LogP contribution in [-0.2, 0) is 3.79 Å². The van der Waals surface area contributed by atoms with Gasteiger partial charge in [0.05, 0.1) is 0 Å². The summed E-state index contributed by atoms with van der Waals surface area (Å²) in [7, 11) is 0. The highest BCUT2D eigenvalue weighted by Crippen LogP contribution is 2.30. The molecule has 0 aromatic heterocycles. The predicted octanol–water partition coefficient (Wildman–Crippen LogP) is 6.00. The van der Waals surface area contributed by atoms with Gasteiger partial charge < -0.3 is 8.69 Å². The third-order valence-corrected chi connectivity index (χ3v) is 6.67. The normalized spacial score (nSPS) is 12.0. The Hall–Kier alpha value is -1.27. The quantitative estimate of drug-likeness (QED) is 0.414. The van der Waals surface area contributed by atoms with Crippen LogP contribution in [0.4, 0.5) is 11.4 Å². The second-order valence-corrected chi connectivity index (χ2v) is 9.01. The molecule has 0 spiro atoms. The van der Waals surface area contributed by atoms with Gasteiger partial charge in [-0.25, -0.2) is 0 Å². The fourth-order valence-corrected chi connectivity index (χ4v) is 4.53. The van der Waals surface area contributed by atoms with Gasteiger partial charge in [-0.15, -0.1) is 0 Å². The van der Waals surface area contributed by atoms with Crippen LogP contribution in [0.2, 0.25) is 10.6 Å². The van der Waals surface area contributed by atoms with E-state index in [1.165, 1.54) is 21.9 Å². The van der Waals surface area contributed by atoms with Crippen molar-refractivity contribution in [2.45, 2.75) is 50.4 Å². The molecule has 2 rings (SSSR count). The fourth-order valence-electron chi connectivity index (χ4n) is 2.87. The van der Waals surface area contributed by atoms with Crippen LogP contribution >= 0.6 is 0 Å². The Labute approximate surface area is 145 Å². The first kappa shape index (κ1) is 18.1. The van der Waals surface area contributed by atoms with Crippen molar-refractivity contribution in [3.63, 3.8) is 0 Å². The molecule has 0 heterocycles. The van der Waals surface area contributed by atoms with Crippen molar-refractivity contribution >= 4 is 25.9 Å². The van der Waals surface area contributed by atoms with Crippen molar-refractivity contribution < 1.29 is 3.79 Å². The van der Waals surface area contributed by atoms with E-state index in [1.54, 1.807) is 0 Å². The van der Waals surface area contributed by atoms with Gasteiger partial charge in [-0.2, -0.15) is 0 Å². The molecule has 0 fully saturated rings. The SMILES string of the molecule is CCCC([O][Al]([CH2]C)[CH2]C)N(c1ccccc1)c1ccccc1. The molecule has 122 valence electrons. The maximum atomic E-state index is 6.63. The molecule has 1 atom stereocenters. The first-order valence-electron chi connectivity index (χ1n) is 8.84. The number of benzene rings is 2. The molecule has 3 heteroatoms. The van der Waals surface area contributed by atoms with Crippen LogP contribution in [0.5, 0.6) is 0 Å². The third kappa shape index (κ3) is 5.11. The van der Waals surface area contributed by atoms with Crippen LogP contribution in [0, 0.1) is 0 Å². The average Bonchev–Trinajstić information content (AvgIpc) is 2.61. The van der Waals surface area contributed by atoms with Crippen LogP contribution in [0.1, 0.15) is 33.6 Å². The Kier molecular flexibility index (Phi) is 7.69. The van der Waals surface area contributed by atoms with Crippen molar-refractivity contribution in [1.29, 1.82) is 0 Å².